The van der Waals surface area contributed by atoms with E-state index in [4.69, 9.17) is 5.73 Å². The van der Waals surface area contributed by atoms with E-state index in [1.54, 1.807) is 13.1 Å². The molecule has 0 amide bonds. The summed E-state index contributed by atoms with van der Waals surface area (Å²) in [6.07, 6.45) is 1.11. The van der Waals surface area contributed by atoms with E-state index in [1.165, 1.54) is 23.1 Å². The Balaban J connectivity index is 2.08. The number of benzene rings is 1. The number of hydrogen-bond acceptors (Lipinski definition) is 7. The Morgan fingerprint density at radius 1 is 1.30 bits per heavy atom. The van der Waals surface area contributed by atoms with Gasteiger partial charge in [0, 0.05) is 25.8 Å². The summed E-state index contributed by atoms with van der Waals surface area (Å²) >= 11 is 0. The van der Waals surface area contributed by atoms with Crippen LogP contribution in [-0.4, -0.2) is 35.0 Å². The predicted octanol–water partition coefficient (Wildman–Crippen LogP) is 3.36. The molecule has 0 radical (unpaired) electrons. The van der Waals surface area contributed by atoms with Gasteiger partial charge in [-0.2, -0.15) is 9.97 Å². The summed E-state index contributed by atoms with van der Waals surface area (Å²) in [4.78, 5) is 23.1. The number of nitrogen functional groups attached to an aromatic ring is 1. The monoisotopic (exact) mass is 374 g/mol. The first-order valence-electron chi connectivity index (χ1n) is 8.82. The van der Waals surface area contributed by atoms with E-state index in [-0.39, 0.29) is 17.3 Å². The van der Waals surface area contributed by atoms with Crippen LogP contribution in [0.2, 0.25) is 0 Å². The summed E-state index contributed by atoms with van der Waals surface area (Å²) in [5.41, 5.74) is 5.97. The van der Waals surface area contributed by atoms with Gasteiger partial charge in [0.1, 0.15) is 5.82 Å². The van der Waals surface area contributed by atoms with Crippen LogP contribution in [0.3, 0.4) is 0 Å². The van der Waals surface area contributed by atoms with Gasteiger partial charge in [0.25, 0.3) is 0 Å². The maximum absolute atomic E-state index is 13.6. The molecule has 0 aliphatic carbocycles. The van der Waals surface area contributed by atoms with E-state index in [1.807, 2.05) is 4.90 Å². The van der Waals surface area contributed by atoms with E-state index >= 15 is 0 Å². The van der Waals surface area contributed by atoms with Crippen LogP contribution in [-0.2, 0) is 0 Å². The maximum Gasteiger partial charge on any atom is 0.353 e. The molecule has 0 unspecified atom stereocenters. The normalized spacial score (nSPS) is 19.8. The maximum atomic E-state index is 13.6. The van der Waals surface area contributed by atoms with Crippen LogP contribution in [0.5, 0.6) is 0 Å². The van der Waals surface area contributed by atoms with Crippen LogP contribution in [0.25, 0.3) is 0 Å². The van der Waals surface area contributed by atoms with Crippen LogP contribution in [0, 0.1) is 27.8 Å². The molecule has 144 valence electrons. The van der Waals surface area contributed by atoms with Crippen molar-refractivity contribution in [3.8, 4) is 0 Å². The summed E-state index contributed by atoms with van der Waals surface area (Å²) in [7, 11) is 1.59. The van der Waals surface area contributed by atoms with Crippen molar-refractivity contribution >= 4 is 29.0 Å². The number of hydrogen-bond donors (Lipinski definition) is 1. The van der Waals surface area contributed by atoms with Crippen molar-refractivity contribution in [3.05, 3.63) is 40.2 Å². The van der Waals surface area contributed by atoms with E-state index < -0.39 is 10.7 Å². The minimum absolute atomic E-state index is 0.0407. The Morgan fingerprint density at radius 3 is 2.56 bits per heavy atom. The summed E-state index contributed by atoms with van der Waals surface area (Å²) in [6, 6.07) is 5.77. The quantitative estimate of drug-likeness (QED) is 0.647. The molecule has 0 bridgehead atoms. The number of anilines is 4. The van der Waals surface area contributed by atoms with Gasteiger partial charge < -0.3 is 15.5 Å². The highest BCUT2D eigenvalue weighted by Gasteiger charge is 2.30. The molecule has 1 saturated heterocycles. The molecule has 1 fully saturated rings. The van der Waals surface area contributed by atoms with Gasteiger partial charge in [-0.25, -0.2) is 4.39 Å². The average molecular weight is 374 g/mol. The van der Waals surface area contributed by atoms with Crippen molar-refractivity contribution in [3.63, 3.8) is 0 Å². The molecule has 2 aromatic rings. The fourth-order valence-corrected chi connectivity index (χ4v) is 3.63. The Kier molecular flexibility index (Phi) is 5.11. The van der Waals surface area contributed by atoms with Crippen molar-refractivity contribution in [1.82, 2.24) is 9.97 Å². The van der Waals surface area contributed by atoms with Crippen molar-refractivity contribution < 1.29 is 9.31 Å². The lowest BCUT2D eigenvalue weighted by Gasteiger charge is -2.35. The zero-order valence-electron chi connectivity index (χ0n) is 15.6. The number of rotatable bonds is 4. The van der Waals surface area contributed by atoms with Gasteiger partial charge in [-0.05, 0) is 36.5 Å². The fraction of sp³-hybridized carbons (Fsp3) is 0.444. The highest BCUT2D eigenvalue weighted by molar-refractivity contribution is 5.76. The fourth-order valence-electron chi connectivity index (χ4n) is 3.63. The van der Waals surface area contributed by atoms with Crippen LogP contribution < -0.4 is 15.5 Å². The Morgan fingerprint density at radius 2 is 1.96 bits per heavy atom. The van der Waals surface area contributed by atoms with Crippen LogP contribution >= 0.6 is 0 Å². The Labute approximate surface area is 157 Å². The third-order valence-electron chi connectivity index (χ3n) is 4.73. The first-order valence-corrected chi connectivity index (χ1v) is 8.82. The summed E-state index contributed by atoms with van der Waals surface area (Å²) in [5, 5.41) is 11.6. The SMILES string of the molecule is C[C@H]1C[C@H](C)CN(c2nc(N)c([N+](=O)[O-])c(N(C)c3cccc(F)c3)n2)C1. The third kappa shape index (κ3) is 3.91. The topological polar surface area (TPSA) is 101 Å². The van der Waals surface area contributed by atoms with E-state index in [2.05, 4.69) is 23.8 Å². The van der Waals surface area contributed by atoms with Crippen molar-refractivity contribution in [2.45, 2.75) is 20.3 Å². The Bertz CT molecular complexity index is 852. The molecule has 1 aliphatic heterocycles. The van der Waals surface area contributed by atoms with Crippen LogP contribution in [0.4, 0.5) is 33.3 Å². The smallest absolute Gasteiger partial charge is 0.353 e. The summed E-state index contributed by atoms with van der Waals surface area (Å²) in [6.45, 7) is 5.81. The molecule has 9 heteroatoms. The molecular weight excluding hydrogens is 351 g/mol. The minimum atomic E-state index is -0.605. The van der Waals surface area contributed by atoms with Crippen molar-refractivity contribution in [1.29, 1.82) is 0 Å². The van der Waals surface area contributed by atoms with Gasteiger partial charge >= 0.3 is 5.69 Å². The number of nitrogens with two attached hydrogens (primary N) is 1. The van der Waals surface area contributed by atoms with E-state index in [9.17, 15) is 14.5 Å². The highest BCUT2D eigenvalue weighted by atomic mass is 19.1. The molecule has 3 rings (SSSR count). The summed E-state index contributed by atoms with van der Waals surface area (Å²) in [5.74, 6) is 0.669. The first kappa shape index (κ1) is 18.8. The van der Waals surface area contributed by atoms with Gasteiger partial charge in [-0.1, -0.05) is 19.9 Å². The first-order chi connectivity index (χ1) is 12.8. The second-order valence-electron chi connectivity index (χ2n) is 7.23. The number of nitro groups is 1. The van der Waals surface area contributed by atoms with E-state index in [0.29, 0.717) is 23.5 Å². The number of nitrogens with zero attached hydrogens (tertiary/aromatic N) is 5. The predicted molar refractivity (Wildman–Crippen MR) is 103 cm³/mol. The van der Waals surface area contributed by atoms with E-state index in [0.717, 1.165) is 19.5 Å². The molecular formula is C18H23FN6O2. The Hall–Kier alpha value is -2.97. The molecule has 27 heavy (non-hydrogen) atoms. The molecule has 2 heterocycles. The summed E-state index contributed by atoms with van der Waals surface area (Å²) < 4.78 is 13.6. The third-order valence-corrected chi connectivity index (χ3v) is 4.73. The lowest BCUT2D eigenvalue weighted by atomic mass is 9.92. The molecule has 0 saturated carbocycles. The van der Waals surface area contributed by atoms with Gasteiger partial charge in [0.2, 0.25) is 17.6 Å². The lowest BCUT2D eigenvalue weighted by molar-refractivity contribution is -0.383. The number of aromatic nitrogens is 2. The van der Waals surface area contributed by atoms with Crippen LogP contribution in [0.1, 0.15) is 20.3 Å². The molecule has 8 nitrogen and oxygen atoms in total. The molecule has 2 atom stereocenters. The zero-order chi connectivity index (χ0) is 19.7. The second kappa shape index (κ2) is 7.34. The number of halogens is 1. The lowest BCUT2D eigenvalue weighted by Crippen LogP contribution is -2.40. The van der Waals surface area contributed by atoms with Crippen molar-refractivity contribution in [2.24, 2.45) is 11.8 Å². The van der Waals surface area contributed by atoms with Gasteiger partial charge in [-0.3, -0.25) is 10.1 Å². The van der Waals surface area contributed by atoms with Crippen LogP contribution in [0.15, 0.2) is 24.3 Å². The second-order valence-corrected chi connectivity index (χ2v) is 7.23. The highest BCUT2D eigenvalue weighted by Crippen LogP contribution is 2.36. The van der Waals surface area contributed by atoms with Gasteiger partial charge in [0.15, 0.2) is 0 Å². The zero-order valence-corrected chi connectivity index (χ0v) is 15.6. The molecule has 1 aromatic carbocycles. The van der Waals surface area contributed by atoms with Gasteiger partial charge in [-0.15, -0.1) is 0 Å². The molecule has 1 aliphatic rings. The van der Waals surface area contributed by atoms with Gasteiger partial charge in [0.05, 0.1) is 4.92 Å². The minimum Gasteiger partial charge on any atom is -0.378 e. The molecule has 0 spiro atoms. The largest absolute Gasteiger partial charge is 0.378 e. The standard InChI is InChI=1S/C18H23FN6O2/c1-11-7-12(2)10-24(9-11)18-21-16(20)15(25(26)27)17(22-18)23(3)14-6-4-5-13(19)8-14/h4-6,8,11-12H,7,9-10H2,1-3H3,(H2,20,21,22)/t11-,12-/m0/s1. The average Bonchev–Trinajstić information content (AvgIpc) is 2.59. The molecule has 1 aromatic heterocycles. The number of piperidine rings is 1. The van der Waals surface area contributed by atoms with Crippen molar-refractivity contribution in [2.75, 3.05) is 35.7 Å². The molecule has 2 N–H and O–H groups in total.